The van der Waals surface area contributed by atoms with Crippen LogP contribution in [-0.4, -0.2) is 37.6 Å². The zero-order valence-corrected chi connectivity index (χ0v) is 15.2. The van der Waals surface area contributed by atoms with Crippen molar-refractivity contribution in [2.24, 2.45) is 0 Å². The average Bonchev–Trinajstić information content (AvgIpc) is 3.09. The summed E-state index contributed by atoms with van der Waals surface area (Å²) in [5.41, 5.74) is 3.23. The minimum Gasteiger partial charge on any atom is -0.495 e. The molecule has 0 fully saturated rings. The maximum atomic E-state index is 13.3. The molecule has 0 saturated heterocycles. The molecule has 7 heteroatoms. The second-order valence-corrected chi connectivity index (χ2v) is 7.83. The number of ether oxygens (including phenoxy) is 1. The summed E-state index contributed by atoms with van der Waals surface area (Å²) in [5, 5.41) is 3.27. The molecule has 4 rings (SSSR count). The lowest BCUT2D eigenvalue weighted by Crippen LogP contribution is -2.20. The van der Waals surface area contributed by atoms with Crippen molar-refractivity contribution in [3.8, 4) is 5.75 Å². The minimum absolute atomic E-state index is 0.133. The lowest BCUT2D eigenvalue weighted by Gasteiger charge is -2.13. The molecular weight excluding hydrogens is 350 g/mol. The van der Waals surface area contributed by atoms with E-state index in [1.165, 1.54) is 11.1 Å². The zero-order chi connectivity index (χ0) is 18.1. The molecule has 134 valence electrons. The predicted molar refractivity (Wildman–Crippen MR) is 101 cm³/mol. The number of hydrogen-bond acceptors (Lipinski definition) is 5. The van der Waals surface area contributed by atoms with Crippen LogP contribution in [0.2, 0.25) is 0 Å². The van der Waals surface area contributed by atoms with E-state index in [2.05, 4.69) is 16.4 Å². The van der Waals surface area contributed by atoms with E-state index in [0.29, 0.717) is 16.8 Å². The summed E-state index contributed by atoms with van der Waals surface area (Å²) >= 11 is 0. The topological polar surface area (TPSA) is 73.2 Å². The fourth-order valence-corrected chi connectivity index (χ4v) is 4.79. The number of pyridine rings is 1. The normalized spacial score (nSPS) is 15.0. The molecule has 0 bridgehead atoms. The number of fused-ring (bicyclic) bond motifs is 1. The number of methoxy groups -OCH3 is 1. The molecule has 3 heterocycles. The number of aromatic nitrogens is 2. The SMILES string of the molecule is COc1ccccc1S(=O)(=O)n1cc(C2=CCNCC2)c2ncccc21. The summed E-state index contributed by atoms with van der Waals surface area (Å²) in [7, 11) is -2.35. The van der Waals surface area contributed by atoms with Gasteiger partial charge in [-0.3, -0.25) is 4.98 Å². The van der Waals surface area contributed by atoms with Crippen molar-refractivity contribution in [1.29, 1.82) is 0 Å². The fraction of sp³-hybridized carbons (Fsp3) is 0.211. The Morgan fingerprint density at radius 2 is 2.04 bits per heavy atom. The van der Waals surface area contributed by atoms with E-state index in [0.717, 1.165) is 30.6 Å². The standard InChI is InChI=1S/C19H19N3O3S/c1-25-17-6-2-3-7-18(17)26(23,24)22-13-15(14-8-11-20-12-9-14)19-16(22)5-4-10-21-19/h2-8,10,13,20H,9,11-12H2,1H3. The summed E-state index contributed by atoms with van der Waals surface area (Å²) in [6.07, 6.45) is 6.29. The van der Waals surface area contributed by atoms with Gasteiger partial charge in [-0.25, -0.2) is 12.4 Å². The van der Waals surface area contributed by atoms with Gasteiger partial charge < -0.3 is 10.1 Å². The Labute approximate surface area is 152 Å². The summed E-state index contributed by atoms with van der Waals surface area (Å²) in [6.45, 7) is 1.64. The van der Waals surface area contributed by atoms with Gasteiger partial charge >= 0.3 is 0 Å². The first kappa shape index (κ1) is 16.8. The van der Waals surface area contributed by atoms with Gasteiger partial charge in [0.2, 0.25) is 0 Å². The average molecular weight is 369 g/mol. The molecular formula is C19H19N3O3S. The second-order valence-electron chi connectivity index (χ2n) is 6.05. The first-order valence-corrected chi connectivity index (χ1v) is 9.82. The summed E-state index contributed by atoms with van der Waals surface area (Å²) in [4.78, 5) is 4.58. The third-order valence-corrected chi connectivity index (χ3v) is 6.25. The fourth-order valence-electron chi connectivity index (χ4n) is 3.27. The maximum absolute atomic E-state index is 13.3. The van der Waals surface area contributed by atoms with Gasteiger partial charge in [0, 0.05) is 24.5 Å². The van der Waals surface area contributed by atoms with Crippen LogP contribution >= 0.6 is 0 Å². The van der Waals surface area contributed by atoms with Crippen molar-refractivity contribution in [2.75, 3.05) is 20.2 Å². The van der Waals surface area contributed by atoms with E-state index in [9.17, 15) is 8.42 Å². The van der Waals surface area contributed by atoms with E-state index in [-0.39, 0.29) is 4.90 Å². The Morgan fingerprint density at radius 3 is 2.81 bits per heavy atom. The Balaban J connectivity index is 1.96. The summed E-state index contributed by atoms with van der Waals surface area (Å²) < 4.78 is 33.3. The van der Waals surface area contributed by atoms with Crippen LogP contribution in [0.25, 0.3) is 16.6 Å². The summed E-state index contributed by atoms with van der Waals surface area (Å²) in [6, 6.07) is 10.2. The first-order valence-electron chi connectivity index (χ1n) is 8.37. The Bertz CT molecular complexity index is 1100. The molecule has 3 aromatic rings. The molecule has 1 aromatic carbocycles. The first-order chi connectivity index (χ1) is 12.6. The molecule has 2 aromatic heterocycles. The molecule has 0 spiro atoms. The van der Waals surface area contributed by atoms with Gasteiger partial charge in [0.25, 0.3) is 10.0 Å². The monoisotopic (exact) mass is 369 g/mol. The molecule has 1 N–H and O–H groups in total. The van der Waals surface area contributed by atoms with E-state index in [1.54, 1.807) is 48.8 Å². The van der Waals surface area contributed by atoms with E-state index in [1.807, 2.05) is 0 Å². The van der Waals surface area contributed by atoms with Crippen LogP contribution in [-0.2, 0) is 10.0 Å². The lowest BCUT2D eigenvalue weighted by atomic mass is 10.0. The zero-order valence-electron chi connectivity index (χ0n) is 14.3. The molecule has 1 aliphatic rings. The van der Waals surface area contributed by atoms with Gasteiger partial charge in [-0.05, 0) is 42.8 Å². The van der Waals surface area contributed by atoms with Crippen molar-refractivity contribution in [3.63, 3.8) is 0 Å². The van der Waals surface area contributed by atoms with Crippen LogP contribution in [0.4, 0.5) is 0 Å². The van der Waals surface area contributed by atoms with Crippen molar-refractivity contribution in [1.82, 2.24) is 14.3 Å². The largest absolute Gasteiger partial charge is 0.495 e. The van der Waals surface area contributed by atoms with Crippen LogP contribution in [0.15, 0.2) is 59.8 Å². The number of hydrogen-bond donors (Lipinski definition) is 1. The maximum Gasteiger partial charge on any atom is 0.271 e. The molecule has 0 aliphatic carbocycles. The second kappa shape index (κ2) is 6.59. The molecule has 1 aliphatic heterocycles. The van der Waals surface area contributed by atoms with Crippen molar-refractivity contribution >= 4 is 26.6 Å². The van der Waals surface area contributed by atoms with Crippen LogP contribution in [0, 0.1) is 0 Å². The molecule has 0 radical (unpaired) electrons. The van der Waals surface area contributed by atoms with Crippen LogP contribution in [0.3, 0.4) is 0 Å². The smallest absolute Gasteiger partial charge is 0.271 e. The minimum atomic E-state index is -3.82. The van der Waals surface area contributed by atoms with E-state index < -0.39 is 10.0 Å². The molecule has 0 atom stereocenters. The third-order valence-electron chi connectivity index (χ3n) is 4.54. The number of nitrogens with zero attached hydrogens (tertiary/aromatic N) is 2. The highest BCUT2D eigenvalue weighted by Crippen LogP contribution is 2.33. The molecule has 0 unspecified atom stereocenters. The highest BCUT2D eigenvalue weighted by Gasteiger charge is 2.25. The number of nitrogens with one attached hydrogen (secondary N) is 1. The highest BCUT2D eigenvalue weighted by molar-refractivity contribution is 7.90. The van der Waals surface area contributed by atoms with E-state index in [4.69, 9.17) is 4.74 Å². The molecule has 6 nitrogen and oxygen atoms in total. The number of para-hydroxylation sites is 1. The van der Waals surface area contributed by atoms with Gasteiger partial charge in [-0.15, -0.1) is 0 Å². The lowest BCUT2D eigenvalue weighted by molar-refractivity contribution is 0.402. The molecule has 26 heavy (non-hydrogen) atoms. The van der Waals surface area contributed by atoms with Crippen molar-refractivity contribution in [3.05, 3.63) is 60.4 Å². The Kier molecular flexibility index (Phi) is 4.26. The summed E-state index contributed by atoms with van der Waals surface area (Å²) in [5.74, 6) is 0.320. The molecule has 0 amide bonds. The number of benzene rings is 1. The molecule has 0 saturated carbocycles. The predicted octanol–water partition coefficient (Wildman–Crippen LogP) is 2.66. The third kappa shape index (κ3) is 2.69. The van der Waals surface area contributed by atoms with Crippen LogP contribution < -0.4 is 10.1 Å². The van der Waals surface area contributed by atoms with Crippen LogP contribution in [0.5, 0.6) is 5.75 Å². The van der Waals surface area contributed by atoms with Gasteiger partial charge in [0.15, 0.2) is 0 Å². The van der Waals surface area contributed by atoms with Crippen molar-refractivity contribution in [2.45, 2.75) is 11.3 Å². The number of rotatable bonds is 4. The highest BCUT2D eigenvalue weighted by atomic mass is 32.2. The Morgan fingerprint density at radius 1 is 1.19 bits per heavy atom. The Hall–Kier alpha value is -2.64. The van der Waals surface area contributed by atoms with Crippen molar-refractivity contribution < 1.29 is 13.2 Å². The van der Waals surface area contributed by atoms with Gasteiger partial charge in [-0.1, -0.05) is 18.2 Å². The van der Waals surface area contributed by atoms with Gasteiger partial charge in [0.1, 0.15) is 10.6 Å². The van der Waals surface area contributed by atoms with E-state index >= 15 is 0 Å². The van der Waals surface area contributed by atoms with Gasteiger partial charge in [0.05, 0.1) is 18.1 Å². The van der Waals surface area contributed by atoms with Gasteiger partial charge in [-0.2, -0.15) is 0 Å². The quantitative estimate of drug-likeness (QED) is 0.765. The van der Waals surface area contributed by atoms with Crippen LogP contribution in [0.1, 0.15) is 12.0 Å².